The van der Waals surface area contributed by atoms with Crippen molar-refractivity contribution in [1.82, 2.24) is 5.43 Å². The number of anilines is 1. The minimum atomic E-state index is -0.604. The van der Waals surface area contributed by atoms with Gasteiger partial charge in [-0.2, -0.15) is 5.10 Å². The fourth-order valence-electron chi connectivity index (χ4n) is 1.76. The van der Waals surface area contributed by atoms with Crippen LogP contribution in [0, 0.1) is 5.82 Å². The number of halogens is 3. The first-order valence-electron chi connectivity index (χ1n) is 6.90. The van der Waals surface area contributed by atoms with E-state index in [2.05, 4.69) is 47.7 Å². The Morgan fingerprint density at radius 1 is 1.12 bits per heavy atom. The van der Waals surface area contributed by atoms with Crippen LogP contribution in [0.1, 0.15) is 12.0 Å². The molecule has 0 saturated heterocycles. The molecule has 0 aliphatic rings. The van der Waals surface area contributed by atoms with Crippen LogP contribution < -0.4 is 10.7 Å². The Balaban J connectivity index is 1.85. The van der Waals surface area contributed by atoms with Gasteiger partial charge in [0.15, 0.2) is 0 Å². The number of phenols is 1. The SMILES string of the molecule is O=C(CC(=O)Nc1ccc(F)cc1)N/N=C/c1cc(Br)c(O)c(Br)c1. The summed E-state index contributed by atoms with van der Waals surface area (Å²) in [5, 5.41) is 15.8. The third-order valence-corrected chi connectivity index (χ3v) is 4.10. The fraction of sp³-hybridized carbons (Fsp3) is 0.0625. The Kier molecular flexibility index (Phi) is 6.65. The predicted molar refractivity (Wildman–Crippen MR) is 98.9 cm³/mol. The second-order valence-electron chi connectivity index (χ2n) is 4.86. The molecule has 3 N–H and O–H groups in total. The number of nitrogens with one attached hydrogen (secondary N) is 2. The Morgan fingerprint density at radius 2 is 1.72 bits per heavy atom. The maximum Gasteiger partial charge on any atom is 0.249 e. The molecule has 2 amide bonds. The van der Waals surface area contributed by atoms with Crippen LogP contribution in [-0.4, -0.2) is 23.1 Å². The summed E-state index contributed by atoms with van der Waals surface area (Å²) in [7, 11) is 0. The van der Waals surface area contributed by atoms with E-state index in [0.29, 0.717) is 20.2 Å². The third-order valence-electron chi connectivity index (χ3n) is 2.89. The topological polar surface area (TPSA) is 90.8 Å². The van der Waals surface area contributed by atoms with Gasteiger partial charge in [-0.05, 0) is 73.8 Å². The molecule has 0 aliphatic heterocycles. The highest BCUT2D eigenvalue weighted by molar-refractivity contribution is 9.11. The van der Waals surface area contributed by atoms with Crippen molar-refractivity contribution in [1.29, 1.82) is 0 Å². The quantitative estimate of drug-likeness (QED) is 0.353. The normalized spacial score (nSPS) is 10.7. The summed E-state index contributed by atoms with van der Waals surface area (Å²) in [5.41, 5.74) is 3.24. The molecule has 6 nitrogen and oxygen atoms in total. The van der Waals surface area contributed by atoms with E-state index in [1.165, 1.54) is 30.5 Å². The van der Waals surface area contributed by atoms with Gasteiger partial charge in [-0.3, -0.25) is 9.59 Å². The van der Waals surface area contributed by atoms with Gasteiger partial charge in [-0.1, -0.05) is 0 Å². The lowest BCUT2D eigenvalue weighted by Gasteiger charge is -2.04. The molecule has 0 saturated carbocycles. The van der Waals surface area contributed by atoms with Crippen molar-refractivity contribution in [3.05, 3.63) is 56.7 Å². The molecule has 0 heterocycles. The summed E-state index contributed by atoms with van der Waals surface area (Å²) in [6, 6.07) is 8.41. The van der Waals surface area contributed by atoms with Crippen molar-refractivity contribution in [3.63, 3.8) is 0 Å². The number of hydrazone groups is 1. The first kappa shape index (κ1) is 19.1. The molecule has 2 rings (SSSR count). The smallest absolute Gasteiger partial charge is 0.249 e. The van der Waals surface area contributed by atoms with Gasteiger partial charge in [-0.15, -0.1) is 0 Å². The number of aromatic hydroxyl groups is 1. The molecule has 0 atom stereocenters. The first-order valence-corrected chi connectivity index (χ1v) is 8.49. The van der Waals surface area contributed by atoms with Crippen LogP contribution in [0.4, 0.5) is 10.1 Å². The number of hydrogen-bond donors (Lipinski definition) is 3. The third kappa shape index (κ3) is 5.95. The predicted octanol–water partition coefficient (Wildman–Crippen LogP) is 3.54. The molecule has 0 unspecified atom stereocenters. The van der Waals surface area contributed by atoms with Crippen LogP contribution in [0.25, 0.3) is 0 Å². The number of carbonyl (C=O) groups excluding carboxylic acids is 2. The van der Waals surface area contributed by atoms with Crippen molar-refractivity contribution in [3.8, 4) is 5.75 Å². The highest BCUT2D eigenvalue weighted by Crippen LogP contribution is 2.32. The van der Waals surface area contributed by atoms with Gasteiger partial charge >= 0.3 is 0 Å². The molecule has 2 aromatic rings. The van der Waals surface area contributed by atoms with E-state index in [1.54, 1.807) is 12.1 Å². The monoisotopic (exact) mass is 471 g/mol. The highest BCUT2D eigenvalue weighted by atomic mass is 79.9. The summed E-state index contributed by atoms with van der Waals surface area (Å²) >= 11 is 6.36. The molecule has 0 aliphatic carbocycles. The first-order chi connectivity index (χ1) is 11.8. The van der Waals surface area contributed by atoms with Gasteiger partial charge in [0.2, 0.25) is 11.8 Å². The zero-order valence-electron chi connectivity index (χ0n) is 12.6. The lowest BCUT2D eigenvalue weighted by atomic mass is 10.2. The summed E-state index contributed by atoms with van der Waals surface area (Å²) in [5.74, 6) is -1.52. The lowest BCUT2D eigenvalue weighted by molar-refractivity contribution is -0.126. The second-order valence-corrected chi connectivity index (χ2v) is 6.57. The number of rotatable bonds is 5. The molecule has 130 valence electrons. The van der Waals surface area contributed by atoms with Crippen LogP contribution in [-0.2, 0) is 9.59 Å². The van der Waals surface area contributed by atoms with Gasteiger partial charge in [0, 0.05) is 5.69 Å². The van der Waals surface area contributed by atoms with E-state index in [0.717, 1.165) is 0 Å². The van der Waals surface area contributed by atoms with Crippen molar-refractivity contribution < 1.29 is 19.1 Å². The molecule has 0 radical (unpaired) electrons. The van der Waals surface area contributed by atoms with Gasteiger partial charge < -0.3 is 10.4 Å². The Labute approximate surface area is 159 Å². The van der Waals surface area contributed by atoms with E-state index in [1.807, 2.05) is 0 Å². The number of amides is 2. The molecule has 0 fully saturated rings. The Morgan fingerprint density at radius 3 is 2.32 bits per heavy atom. The number of carbonyl (C=O) groups is 2. The van der Waals surface area contributed by atoms with Crippen molar-refractivity contribution in [2.24, 2.45) is 5.10 Å². The maximum absolute atomic E-state index is 12.8. The molecule has 25 heavy (non-hydrogen) atoms. The Bertz CT molecular complexity index is 803. The lowest BCUT2D eigenvalue weighted by Crippen LogP contribution is -2.24. The van der Waals surface area contributed by atoms with Gasteiger partial charge in [0.25, 0.3) is 0 Å². The average Bonchev–Trinajstić information content (AvgIpc) is 2.54. The maximum atomic E-state index is 12.8. The van der Waals surface area contributed by atoms with Crippen LogP contribution in [0.3, 0.4) is 0 Å². The zero-order valence-corrected chi connectivity index (χ0v) is 15.8. The van der Waals surface area contributed by atoms with Gasteiger partial charge in [0.1, 0.15) is 18.0 Å². The summed E-state index contributed by atoms with van der Waals surface area (Å²) in [4.78, 5) is 23.4. The van der Waals surface area contributed by atoms with E-state index in [9.17, 15) is 19.1 Å². The standard InChI is InChI=1S/C16H12Br2FN3O3/c17-12-5-9(6-13(18)16(12)25)8-20-22-15(24)7-14(23)21-11-3-1-10(19)2-4-11/h1-6,8,25H,7H2,(H,21,23)(H,22,24)/b20-8+. The largest absolute Gasteiger partial charge is 0.506 e. The van der Waals surface area contributed by atoms with Gasteiger partial charge in [0.05, 0.1) is 15.2 Å². The fourth-order valence-corrected chi connectivity index (χ4v) is 2.98. The number of benzene rings is 2. The van der Waals surface area contributed by atoms with Crippen LogP contribution in [0.2, 0.25) is 0 Å². The van der Waals surface area contributed by atoms with E-state index in [-0.39, 0.29) is 5.75 Å². The minimum absolute atomic E-state index is 0.0543. The van der Waals surface area contributed by atoms with E-state index < -0.39 is 24.1 Å². The van der Waals surface area contributed by atoms with Crippen molar-refractivity contribution >= 4 is 55.6 Å². The van der Waals surface area contributed by atoms with Gasteiger partial charge in [-0.25, -0.2) is 9.82 Å². The minimum Gasteiger partial charge on any atom is -0.506 e. The van der Waals surface area contributed by atoms with Crippen LogP contribution in [0.5, 0.6) is 5.75 Å². The molecule has 2 aromatic carbocycles. The molecule has 0 bridgehead atoms. The summed E-state index contributed by atoms with van der Waals surface area (Å²) in [6.45, 7) is 0. The summed E-state index contributed by atoms with van der Waals surface area (Å²) in [6.07, 6.45) is 0.933. The highest BCUT2D eigenvalue weighted by Gasteiger charge is 2.09. The molecular weight excluding hydrogens is 461 g/mol. The van der Waals surface area contributed by atoms with Crippen molar-refractivity contribution in [2.75, 3.05) is 5.32 Å². The number of nitrogens with zero attached hydrogens (tertiary/aromatic N) is 1. The Hall–Kier alpha value is -2.26. The second kappa shape index (κ2) is 8.72. The molecular formula is C16H12Br2FN3O3. The van der Waals surface area contributed by atoms with Crippen molar-refractivity contribution in [2.45, 2.75) is 6.42 Å². The van der Waals surface area contributed by atoms with E-state index in [4.69, 9.17) is 0 Å². The zero-order chi connectivity index (χ0) is 18.4. The number of hydrogen-bond acceptors (Lipinski definition) is 4. The van der Waals surface area contributed by atoms with Crippen LogP contribution in [0.15, 0.2) is 50.4 Å². The molecule has 9 heteroatoms. The molecule has 0 spiro atoms. The van der Waals surface area contributed by atoms with E-state index >= 15 is 0 Å². The summed E-state index contributed by atoms with van der Waals surface area (Å²) < 4.78 is 13.7. The van der Waals surface area contributed by atoms with Crippen LogP contribution >= 0.6 is 31.9 Å². The molecule has 0 aromatic heterocycles. The average molecular weight is 473 g/mol. The number of phenolic OH excluding ortho intramolecular Hbond substituents is 1.